The van der Waals surface area contributed by atoms with Crippen molar-refractivity contribution in [3.05, 3.63) is 66.4 Å². The van der Waals surface area contributed by atoms with Crippen LogP contribution in [0.25, 0.3) is 22.3 Å². The number of nitrogens with zero attached hydrogens (tertiary/aromatic N) is 4. The molecule has 3 heterocycles. The van der Waals surface area contributed by atoms with Crippen molar-refractivity contribution in [2.75, 3.05) is 32.6 Å². The number of aromatic nitrogens is 4. The van der Waals surface area contributed by atoms with Gasteiger partial charge in [0.15, 0.2) is 11.0 Å². The number of rotatable bonds is 9. The molecule has 0 unspecified atom stereocenters. The van der Waals surface area contributed by atoms with Crippen LogP contribution in [0.3, 0.4) is 0 Å². The molecule has 0 saturated carbocycles. The molecule has 0 atom stereocenters. The van der Waals surface area contributed by atoms with E-state index in [1.165, 1.54) is 17.3 Å². The first kappa shape index (κ1) is 23.6. The van der Waals surface area contributed by atoms with E-state index in [9.17, 15) is 4.79 Å². The number of hydrogen-bond acceptors (Lipinski definition) is 5. The second-order valence-corrected chi connectivity index (χ2v) is 9.94. The van der Waals surface area contributed by atoms with Gasteiger partial charge in [-0.1, -0.05) is 60.3 Å². The summed E-state index contributed by atoms with van der Waals surface area (Å²) in [5, 5.41) is 10.8. The van der Waals surface area contributed by atoms with Gasteiger partial charge in [0.1, 0.15) is 0 Å². The summed E-state index contributed by atoms with van der Waals surface area (Å²) in [5.74, 6) is 1.96. The van der Waals surface area contributed by atoms with Gasteiger partial charge in [-0.15, -0.1) is 10.2 Å². The van der Waals surface area contributed by atoms with Crippen molar-refractivity contribution in [1.82, 2.24) is 24.6 Å². The summed E-state index contributed by atoms with van der Waals surface area (Å²) in [7, 11) is 1.69. The van der Waals surface area contributed by atoms with E-state index < -0.39 is 0 Å². The van der Waals surface area contributed by atoms with Crippen LogP contribution in [0.2, 0.25) is 0 Å². The van der Waals surface area contributed by atoms with E-state index in [0.29, 0.717) is 24.8 Å². The molecule has 7 nitrogen and oxygen atoms in total. The van der Waals surface area contributed by atoms with E-state index in [2.05, 4.69) is 56.1 Å². The molecule has 182 valence electrons. The Morgan fingerprint density at radius 3 is 2.66 bits per heavy atom. The quantitative estimate of drug-likeness (QED) is 0.347. The van der Waals surface area contributed by atoms with Crippen molar-refractivity contribution in [2.45, 2.75) is 31.0 Å². The Bertz CT molecular complexity index is 1260. The van der Waals surface area contributed by atoms with E-state index in [1.54, 1.807) is 7.11 Å². The number of likely N-dealkylation sites (tertiary alicyclic amines) is 1. The van der Waals surface area contributed by atoms with Crippen LogP contribution in [0.4, 0.5) is 0 Å². The lowest BCUT2D eigenvalue weighted by Crippen LogP contribution is -2.39. The van der Waals surface area contributed by atoms with Crippen molar-refractivity contribution in [3.63, 3.8) is 0 Å². The lowest BCUT2D eigenvalue weighted by atomic mass is 9.90. The summed E-state index contributed by atoms with van der Waals surface area (Å²) in [5.41, 5.74) is 3.45. The third kappa shape index (κ3) is 5.44. The molecule has 2 aromatic heterocycles. The number of fused-ring (bicyclic) bond motifs is 1. The Hall–Kier alpha value is -3.10. The third-order valence-corrected chi connectivity index (χ3v) is 7.68. The van der Waals surface area contributed by atoms with Gasteiger partial charge in [-0.25, -0.2) is 0 Å². The fraction of sp³-hybridized carbons (Fsp3) is 0.370. The van der Waals surface area contributed by atoms with Crippen LogP contribution in [-0.4, -0.2) is 63.1 Å². The van der Waals surface area contributed by atoms with Gasteiger partial charge in [0.2, 0.25) is 5.91 Å². The lowest BCUT2D eigenvalue weighted by Gasteiger charge is -2.32. The first-order chi connectivity index (χ1) is 17.2. The first-order valence-electron chi connectivity index (χ1n) is 12.2. The van der Waals surface area contributed by atoms with E-state index in [-0.39, 0.29) is 5.91 Å². The lowest BCUT2D eigenvalue weighted by molar-refractivity contribution is -0.129. The maximum Gasteiger partial charge on any atom is 0.233 e. The Kier molecular flexibility index (Phi) is 7.49. The number of ether oxygens (including phenoxy) is 1. The minimum atomic E-state index is 0.170. The average molecular weight is 490 g/mol. The van der Waals surface area contributed by atoms with Gasteiger partial charge < -0.3 is 14.6 Å². The molecule has 0 spiro atoms. The van der Waals surface area contributed by atoms with Crippen molar-refractivity contribution >= 4 is 28.6 Å². The number of amides is 1. The smallest absolute Gasteiger partial charge is 0.233 e. The molecule has 1 fully saturated rings. The van der Waals surface area contributed by atoms with E-state index in [4.69, 9.17) is 4.74 Å². The molecule has 1 aliphatic rings. The molecule has 1 saturated heterocycles. The summed E-state index contributed by atoms with van der Waals surface area (Å²) in [6.07, 6.45) is 5.17. The third-order valence-electron chi connectivity index (χ3n) is 6.73. The fourth-order valence-corrected chi connectivity index (χ4v) is 5.65. The number of aromatic amines is 1. The first-order valence-corrected chi connectivity index (χ1v) is 13.1. The molecule has 0 radical (unpaired) electrons. The van der Waals surface area contributed by atoms with Crippen LogP contribution in [0.5, 0.6) is 0 Å². The minimum Gasteiger partial charge on any atom is -0.383 e. The molecule has 2 aromatic carbocycles. The predicted octanol–water partition coefficient (Wildman–Crippen LogP) is 4.65. The zero-order chi connectivity index (χ0) is 24.0. The van der Waals surface area contributed by atoms with E-state index in [1.807, 2.05) is 29.3 Å². The number of methoxy groups -OCH3 is 1. The van der Waals surface area contributed by atoms with Gasteiger partial charge in [0.25, 0.3) is 0 Å². The number of hydrogen-bond donors (Lipinski definition) is 1. The van der Waals surface area contributed by atoms with Crippen molar-refractivity contribution in [1.29, 1.82) is 0 Å². The maximum atomic E-state index is 13.0. The Balaban J connectivity index is 1.22. The van der Waals surface area contributed by atoms with Crippen molar-refractivity contribution < 1.29 is 9.53 Å². The number of nitrogens with one attached hydrogen (secondary N) is 1. The molecule has 1 N–H and O–H groups in total. The molecular formula is C27H31N5O2S. The number of benzene rings is 2. The van der Waals surface area contributed by atoms with Crippen molar-refractivity contribution in [3.8, 4) is 11.4 Å². The van der Waals surface area contributed by atoms with Crippen LogP contribution in [-0.2, 0) is 22.5 Å². The zero-order valence-electron chi connectivity index (χ0n) is 20.0. The summed E-state index contributed by atoms with van der Waals surface area (Å²) in [4.78, 5) is 18.3. The van der Waals surface area contributed by atoms with Crippen LogP contribution < -0.4 is 0 Å². The molecule has 5 rings (SSSR count). The van der Waals surface area contributed by atoms with Gasteiger partial charge in [-0.05, 0) is 36.8 Å². The Labute approximate surface area is 209 Å². The van der Waals surface area contributed by atoms with Crippen LogP contribution in [0, 0.1) is 5.92 Å². The van der Waals surface area contributed by atoms with Crippen LogP contribution in [0.1, 0.15) is 18.4 Å². The summed E-state index contributed by atoms with van der Waals surface area (Å²) < 4.78 is 7.39. The largest absolute Gasteiger partial charge is 0.383 e. The normalized spacial score (nSPS) is 14.6. The molecule has 0 bridgehead atoms. The van der Waals surface area contributed by atoms with Gasteiger partial charge >= 0.3 is 0 Å². The number of thioether (sulfide) groups is 1. The number of H-pyrrole nitrogens is 1. The number of carbonyl (C=O) groups is 1. The van der Waals surface area contributed by atoms with Gasteiger partial charge in [-0.2, -0.15) is 0 Å². The highest BCUT2D eigenvalue weighted by Crippen LogP contribution is 2.30. The predicted molar refractivity (Wildman–Crippen MR) is 139 cm³/mol. The molecule has 0 aliphatic carbocycles. The highest BCUT2D eigenvalue weighted by atomic mass is 32.2. The Morgan fingerprint density at radius 2 is 1.86 bits per heavy atom. The van der Waals surface area contributed by atoms with Gasteiger partial charge in [0.05, 0.1) is 18.9 Å². The number of para-hydroxylation sites is 1. The Morgan fingerprint density at radius 1 is 1.09 bits per heavy atom. The maximum absolute atomic E-state index is 13.0. The molecular weight excluding hydrogens is 458 g/mol. The molecule has 35 heavy (non-hydrogen) atoms. The van der Waals surface area contributed by atoms with Gasteiger partial charge in [-0.3, -0.25) is 9.36 Å². The summed E-state index contributed by atoms with van der Waals surface area (Å²) in [6.45, 7) is 2.82. The molecule has 1 aliphatic heterocycles. The number of carbonyl (C=O) groups excluding carboxylic acids is 1. The molecule has 4 aromatic rings. The van der Waals surface area contributed by atoms with E-state index in [0.717, 1.165) is 59.8 Å². The minimum absolute atomic E-state index is 0.170. The van der Waals surface area contributed by atoms with Gasteiger partial charge in [0, 0.05) is 42.9 Å². The second-order valence-electron chi connectivity index (χ2n) is 9.00. The average Bonchev–Trinajstić information content (AvgIpc) is 3.50. The van der Waals surface area contributed by atoms with E-state index >= 15 is 0 Å². The van der Waals surface area contributed by atoms with Crippen molar-refractivity contribution in [2.24, 2.45) is 5.92 Å². The highest BCUT2D eigenvalue weighted by Gasteiger charge is 2.24. The summed E-state index contributed by atoms with van der Waals surface area (Å²) >= 11 is 1.46. The molecule has 8 heteroatoms. The SMILES string of the molecule is COCCn1c(SCC(=O)N2CCC(Cc3ccccc3)CC2)nnc1-c1c[nH]c2ccccc12. The van der Waals surface area contributed by atoms with Crippen LogP contribution in [0.15, 0.2) is 66.0 Å². The fourth-order valence-electron chi connectivity index (χ4n) is 4.79. The topological polar surface area (TPSA) is 76.0 Å². The zero-order valence-corrected chi connectivity index (χ0v) is 20.8. The number of piperidine rings is 1. The summed E-state index contributed by atoms with van der Waals surface area (Å²) in [6, 6.07) is 18.8. The standard InChI is InChI=1S/C27H31N5O2S/c1-34-16-15-32-26(23-18-28-24-10-6-5-9-22(23)24)29-30-27(32)35-19-25(33)31-13-11-21(12-14-31)17-20-7-3-2-4-8-20/h2-10,18,21,28H,11-17,19H2,1H3. The highest BCUT2D eigenvalue weighted by molar-refractivity contribution is 7.99. The monoisotopic (exact) mass is 489 g/mol. The second kappa shape index (κ2) is 11.1. The van der Waals surface area contributed by atoms with Crippen LogP contribution >= 0.6 is 11.8 Å². The molecule has 1 amide bonds.